The van der Waals surface area contributed by atoms with Crippen LogP contribution in [0.25, 0.3) is 11.0 Å². The Kier molecular flexibility index (Phi) is 51.7. The molecule has 3 aliphatic rings. The molecule has 3 aliphatic heterocycles. The van der Waals surface area contributed by atoms with Crippen LogP contribution >= 0.6 is 12.2 Å². The molecule has 1 aromatic heterocycles. The van der Waals surface area contributed by atoms with Crippen molar-refractivity contribution in [1.82, 2.24) is 9.55 Å². The number of anilines is 5. The zero-order valence-electron chi connectivity index (χ0n) is 72.0. The van der Waals surface area contributed by atoms with E-state index in [-0.39, 0.29) is 216 Å². The molecule has 2 amide bonds. The van der Waals surface area contributed by atoms with Gasteiger partial charge in [0.05, 0.1) is 42.3 Å². The minimum atomic E-state index is -1.05. The Labute approximate surface area is 804 Å². The number of nitrogens with two attached hydrogens (primary N) is 1. The van der Waals surface area contributed by atoms with Crippen molar-refractivity contribution in [3.8, 4) is 17.2 Å². The molecular formula is C86H108F5IK2N11O14S-. The second-order valence-corrected chi connectivity index (χ2v) is 27.1. The number of nitrogen functional groups attached to an aromatic ring is 1. The van der Waals surface area contributed by atoms with Gasteiger partial charge in [0.1, 0.15) is 70.2 Å². The number of fused-ring (bicyclic) bond motifs is 5. The molecule has 9 aromatic rings. The average Bonchev–Trinajstić information content (AvgIpc) is 1.61. The van der Waals surface area contributed by atoms with Crippen molar-refractivity contribution in [1.29, 1.82) is 0.594 Å². The van der Waals surface area contributed by atoms with Crippen molar-refractivity contribution in [3.63, 3.8) is 0 Å². The third kappa shape index (κ3) is 32.4. The number of alkyl halides is 1. The number of ether oxygens (including phenoxy) is 3. The number of carbonyl (C=O) groups is 3. The normalized spacial score (nSPS) is 13.7. The summed E-state index contributed by atoms with van der Waals surface area (Å²) in [6, 6.07) is 37.0. The minimum absolute atomic E-state index is 0. The fraction of sp³-hybridized carbons (Fsp3) is 0.384. The number of hydrogen-bond donors (Lipinski definition) is 5. The number of imidazole rings is 1. The third-order valence-electron chi connectivity index (χ3n) is 19.2. The van der Waals surface area contributed by atoms with E-state index in [0.29, 0.717) is 59.1 Å². The fourth-order valence-corrected chi connectivity index (χ4v) is 12.3. The molecule has 4 heterocycles. The van der Waals surface area contributed by atoms with E-state index in [2.05, 4.69) is 62.2 Å². The van der Waals surface area contributed by atoms with Crippen LogP contribution in [0.3, 0.4) is 0 Å². The molecule has 120 heavy (non-hydrogen) atoms. The van der Waals surface area contributed by atoms with E-state index in [4.69, 9.17) is 30.6 Å². The Morgan fingerprint density at radius 1 is 0.617 bits per heavy atom. The van der Waals surface area contributed by atoms with E-state index < -0.39 is 38.8 Å². The first-order valence-electron chi connectivity index (χ1n) is 38.2. The Bertz CT molecular complexity index is 4850. The predicted octanol–water partition coefficient (Wildman–Crippen LogP) is 10.3. The summed E-state index contributed by atoms with van der Waals surface area (Å²) in [4.78, 5) is 74.9. The molecule has 8 aromatic carbocycles. The maximum absolute atomic E-state index is 13.7. The van der Waals surface area contributed by atoms with Crippen LogP contribution in [0.1, 0.15) is 164 Å². The van der Waals surface area contributed by atoms with Gasteiger partial charge in [-0.05, 0) is 147 Å². The van der Waals surface area contributed by atoms with E-state index >= 15 is 0 Å². The number of nitrogens with zero attached hydrogens (tertiary/aromatic N) is 6. The third-order valence-corrected chi connectivity index (χ3v) is 19.3. The Balaban J connectivity index is 0.00000139. The van der Waals surface area contributed by atoms with Gasteiger partial charge in [-0.1, -0.05) is 131 Å². The Morgan fingerprint density at radius 2 is 1.00 bits per heavy atom. The molecule has 6 atom stereocenters. The molecule has 642 valence electrons. The number of aliphatic imine (C=N–C) groups is 1. The summed E-state index contributed by atoms with van der Waals surface area (Å²) in [5.74, 6) is 0.405. The molecule has 0 radical (unpaired) electrons. The average molecular weight is 1850 g/mol. The summed E-state index contributed by atoms with van der Waals surface area (Å²) in [6.07, 6.45) is 9.97. The number of isothiocyanates is 1. The first kappa shape index (κ1) is 108. The molecule has 0 fully saturated rings. The van der Waals surface area contributed by atoms with E-state index in [1.165, 1.54) is 41.5 Å². The van der Waals surface area contributed by atoms with Crippen LogP contribution in [0.5, 0.6) is 17.2 Å². The van der Waals surface area contributed by atoms with Gasteiger partial charge in [0.15, 0.2) is 0 Å². The second kappa shape index (κ2) is 57.4. The molecule has 12 rings (SSSR count). The van der Waals surface area contributed by atoms with Gasteiger partial charge in [0.25, 0.3) is 29.7 Å². The number of hydrogen-bond acceptors (Lipinski definition) is 20. The van der Waals surface area contributed by atoms with Crippen LogP contribution in [-0.2, 0) is 55.3 Å². The minimum Gasteiger partial charge on any atom is -1.00 e. The SMILES string of the molecule is C.CCC(C)Cc1c(F)ccc([N+](=O)[O-])c1F.CCC(C)Cc1c(F)ccc([N+](=O)[O-])c1NC.CCC(C)Cc1c(F)cccc1F.CCC1Cc2c(ccc(N)c2NC)O1.CCC1Cc2c(ccc([N+](=O)[O-])c2NC)O1.CCC1Cc2c(ccc3nc(NC(=O)c4ccccc4)n(C)c23)O1.O=C(N=C=S)c1ccccc1.O=CO[O-].[2H][I-]C.[H-].[K+].[K+]. The number of benzene rings is 8. The van der Waals surface area contributed by atoms with Crippen molar-refractivity contribution in [2.45, 2.75) is 165 Å². The summed E-state index contributed by atoms with van der Waals surface area (Å²) in [5.41, 5.74) is 14.7. The first-order chi connectivity index (χ1) is 56.4. The molecule has 0 bridgehead atoms. The number of aryl methyl sites for hydroxylation is 1. The van der Waals surface area contributed by atoms with Crippen LogP contribution < -0.4 is 172 Å². The number of thiocarbonyl (C=S) groups is 1. The van der Waals surface area contributed by atoms with E-state index in [0.717, 1.165) is 121 Å². The van der Waals surface area contributed by atoms with E-state index in [1.54, 1.807) is 56.6 Å². The van der Waals surface area contributed by atoms with Gasteiger partial charge >= 0.3 is 136 Å². The largest absolute Gasteiger partial charge is 1.00 e. The number of amides is 2. The summed E-state index contributed by atoms with van der Waals surface area (Å²) in [5, 5.41) is 54.3. The molecular weight excluding hydrogens is 1740 g/mol. The Morgan fingerprint density at radius 3 is 1.44 bits per heavy atom. The summed E-state index contributed by atoms with van der Waals surface area (Å²) in [6.45, 7) is 17.9. The van der Waals surface area contributed by atoms with Gasteiger partial charge in [-0.15, -0.1) is 0 Å². The molecule has 34 heteroatoms. The van der Waals surface area contributed by atoms with Gasteiger partial charge in [-0.25, -0.2) is 22.5 Å². The number of aromatic nitrogens is 2. The zero-order chi connectivity index (χ0) is 87.9. The Hall–Kier alpha value is -7.95. The van der Waals surface area contributed by atoms with Gasteiger partial charge in [-0.3, -0.25) is 50.0 Å². The molecule has 6 unspecified atom stereocenters. The molecule has 0 saturated heterocycles. The predicted molar refractivity (Wildman–Crippen MR) is 453 cm³/mol. The molecule has 25 nitrogen and oxygen atoms in total. The van der Waals surface area contributed by atoms with Gasteiger partial charge < -0.3 is 52.0 Å². The molecule has 0 spiro atoms. The standard InChI is InChI=1S/C19H19N3O2.C12H17FN2O2.C11H13F2NO2.C11H14F2.C11H14N2O3.C11H16N2O.C8H5NOS.CH4I.CH2O3.CH4.2K.H/c1-3-13-11-14-16(24-13)10-9-15-17(14)22(2)19(20-15)21-18(23)12-7-5-4-6-8-12;1-4-8(2)7-9-10(13)5-6-11(15(16)17)12(9)14-3;1-3-7(2)6-8-9(12)4-5-10(11(8)13)14(15)16;1-3-8(2)7-9-10(12)5-4-6-11(9)13;1-3-7-6-8-10(16-7)5-4-9(13(14)15)11(8)12-2;1-3-7-6-8-10(14-7)5-4-9(12)11(8)13-2;10-8(9-6-11)7-4-2-1-3-5-7;1-2;2-1-4-3;;;;/h4-10,13H,3,11H2,1-2H3,(H,20,21,23);5-6,8,14H,4,7H2,1-3H3;4-5,7H,3,6H2,1-2H3;4-6,8H,3,7H2,1-2H3;4-5,7,12H,3,6H2,1-2H3;4-5,7,13H,3,6,12H2,1-2H3;1-5H;2H,1H3;1,3H;1H4;;;/q;;;;;;;-1;;;2*+1;-1/p-1/i;;;;;;;2D;;;;;. The van der Waals surface area contributed by atoms with Crippen LogP contribution in [-0.4, -0.2) is 92.7 Å². The summed E-state index contributed by atoms with van der Waals surface area (Å²) in [7, 11) is 7.09. The summed E-state index contributed by atoms with van der Waals surface area (Å²) >= 11 is 4.13. The first-order valence-corrected chi connectivity index (χ1v) is 40.4. The van der Waals surface area contributed by atoms with Crippen molar-refractivity contribution in [2.75, 3.05) is 53.1 Å². The number of halogens is 6. The van der Waals surface area contributed by atoms with Crippen molar-refractivity contribution in [2.24, 2.45) is 29.8 Å². The van der Waals surface area contributed by atoms with Crippen LogP contribution in [0.2, 0.25) is 0 Å². The smallest absolute Gasteiger partial charge is 1.00 e. The number of nitro benzene ring substituents is 3. The number of nitrogens with one attached hydrogen (secondary N) is 4. The molecule has 6 N–H and O–H groups in total. The van der Waals surface area contributed by atoms with Gasteiger partial charge in [-0.2, -0.15) is 9.38 Å². The van der Waals surface area contributed by atoms with E-state index in [1.807, 2.05) is 126 Å². The quantitative estimate of drug-likeness (QED) is 0.00360. The topological polar surface area (TPSA) is 345 Å². The van der Waals surface area contributed by atoms with Crippen molar-refractivity contribution < 1.29 is 202 Å². The van der Waals surface area contributed by atoms with Gasteiger partial charge in [0.2, 0.25) is 11.8 Å². The maximum Gasteiger partial charge on any atom is 1.00 e. The number of nitro groups is 3. The maximum atomic E-state index is 13.7. The number of rotatable bonds is 22. The molecule has 0 saturated carbocycles. The fourth-order valence-electron chi connectivity index (χ4n) is 12.2. The summed E-state index contributed by atoms with van der Waals surface area (Å²) < 4.78 is 92.5. The molecule has 0 aliphatic carbocycles. The van der Waals surface area contributed by atoms with Gasteiger partial charge in [0, 0.05) is 110 Å². The van der Waals surface area contributed by atoms with Crippen LogP contribution in [0.15, 0.2) is 145 Å². The van der Waals surface area contributed by atoms with Crippen molar-refractivity contribution in [3.05, 3.63) is 243 Å². The van der Waals surface area contributed by atoms with Crippen LogP contribution in [0.4, 0.5) is 67.7 Å². The monoisotopic (exact) mass is 1850 g/mol. The van der Waals surface area contributed by atoms with Crippen LogP contribution in [0, 0.1) is 77.2 Å². The zero-order valence-corrected chi connectivity index (χ0v) is 79.2. The number of carbonyl (C=O) groups excluding carboxylic acids is 3. The van der Waals surface area contributed by atoms with Crippen molar-refractivity contribution >= 4 is 92.5 Å². The van der Waals surface area contributed by atoms with E-state index in [9.17, 15) is 61.9 Å². The second-order valence-electron chi connectivity index (χ2n) is 26.9.